The van der Waals surface area contributed by atoms with Crippen LogP contribution in [0.3, 0.4) is 0 Å². The number of esters is 1. The number of nitrogens with one attached hydrogen (secondary N) is 1. The van der Waals surface area contributed by atoms with Gasteiger partial charge in [0.2, 0.25) is 10.0 Å². The molecule has 1 heterocycles. The fourth-order valence-electron chi connectivity index (χ4n) is 2.85. The van der Waals surface area contributed by atoms with Crippen LogP contribution in [0.1, 0.15) is 17.3 Å². The Morgan fingerprint density at radius 3 is 2.23 bits per heavy atom. The van der Waals surface area contributed by atoms with Crippen LogP contribution < -0.4 is 5.32 Å². The van der Waals surface area contributed by atoms with Crippen molar-refractivity contribution in [3.8, 4) is 0 Å². The van der Waals surface area contributed by atoms with E-state index in [1.807, 2.05) is 0 Å². The summed E-state index contributed by atoms with van der Waals surface area (Å²) in [5.41, 5.74) is 0.481. The highest BCUT2D eigenvalue weighted by molar-refractivity contribution is 7.89. The number of amides is 1. The molecular formula is C20H20Cl2N2O6S. The lowest BCUT2D eigenvalue weighted by atomic mass is 10.2. The summed E-state index contributed by atoms with van der Waals surface area (Å²) in [6, 6.07) is 9.89. The minimum Gasteiger partial charge on any atom is -0.449 e. The molecule has 1 fully saturated rings. The SMILES string of the molecule is C[C@H](OC(=O)c1ccc(S(=O)(=O)N2CCOCC2)cc1)C(=O)Nc1cc(Cl)cc(Cl)c1. The molecule has 1 N–H and O–H groups in total. The predicted molar refractivity (Wildman–Crippen MR) is 116 cm³/mol. The number of carbonyl (C=O) groups excluding carboxylic acids is 2. The first-order chi connectivity index (χ1) is 14.7. The fourth-order valence-corrected chi connectivity index (χ4v) is 4.79. The maximum absolute atomic E-state index is 12.6. The van der Waals surface area contributed by atoms with Gasteiger partial charge in [-0.2, -0.15) is 4.31 Å². The molecule has 1 atom stereocenters. The van der Waals surface area contributed by atoms with Gasteiger partial charge in [-0.25, -0.2) is 13.2 Å². The summed E-state index contributed by atoms with van der Waals surface area (Å²) in [7, 11) is -3.67. The lowest BCUT2D eigenvalue weighted by Gasteiger charge is -2.26. The van der Waals surface area contributed by atoms with Gasteiger partial charge < -0.3 is 14.8 Å². The number of nitrogens with zero attached hydrogens (tertiary/aromatic N) is 1. The highest BCUT2D eigenvalue weighted by Crippen LogP contribution is 2.23. The number of benzene rings is 2. The summed E-state index contributed by atoms with van der Waals surface area (Å²) in [6.45, 7) is 2.64. The van der Waals surface area contributed by atoms with Gasteiger partial charge in [0.1, 0.15) is 0 Å². The first-order valence-corrected chi connectivity index (χ1v) is 11.5. The predicted octanol–water partition coefficient (Wildman–Crippen LogP) is 3.20. The van der Waals surface area contributed by atoms with Crippen molar-refractivity contribution in [1.29, 1.82) is 0 Å². The number of rotatable bonds is 6. The van der Waals surface area contributed by atoms with E-state index in [4.69, 9.17) is 32.7 Å². The molecule has 0 aliphatic carbocycles. The van der Waals surface area contributed by atoms with Crippen LogP contribution in [0.4, 0.5) is 5.69 Å². The van der Waals surface area contributed by atoms with Crippen LogP contribution in [-0.4, -0.2) is 57.0 Å². The van der Waals surface area contributed by atoms with E-state index in [2.05, 4.69) is 5.32 Å². The third-order valence-corrected chi connectivity index (χ3v) is 6.83. The Kier molecular flexibility index (Phi) is 7.55. The zero-order valence-electron chi connectivity index (χ0n) is 16.5. The van der Waals surface area contributed by atoms with E-state index in [-0.39, 0.29) is 23.5 Å². The second kappa shape index (κ2) is 9.97. The first-order valence-electron chi connectivity index (χ1n) is 9.33. The highest BCUT2D eigenvalue weighted by Gasteiger charge is 2.27. The summed E-state index contributed by atoms with van der Waals surface area (Å²) in [4.78, 5) is 24.7. The van der Waals surface area contributed by atoms with Crippen molar-refractivity contribution in [2.75, 3.05) is 31.6 Å². The summed E-state index contributed by atoms with van der Waals surface area (Å²) in [5, 5.41) is 3.26. The Hall–Kier alpha value is -2.17. The number of anilines is 1. The third kappa shape index (κ3) is 5.96. The molecule has 1 aliphatic rings. The Bertz CT molecular complexity index is 1050. The minimum absolute atomic E-state index is 0.0644. The molecular weight excluding hydrogens is 467 g/mol. The number of morpholine rings is 1. The lowest BCUT2D eigenvalue weighted by Crippen LogP contribution is -2.40. The van der Waals surface area contributed by atoms with Crippen molar-refractivity contribution in [3.05, 3.63) is 58.1 Å². The van der Waals surface area contributed by atoms with Crippen molar-refractivity contribution in [2.24, 2.45) is 0 Å². The molecule has 31 heavy (non-hydrogen) atoms. The van der Waals surface area contributed by atoms with Gasteiger partial charge >= 0.3 is 5.97 Å². The number of carbonyl (C=O) groups is 2. The molecule has 2 aromatic carbocycles. The molecule has 1 saturated heterocycles. The van der Waals surface area contributed by atoms with Gasteiger partial charge in [-0.15, -0.1) is 0 Å². The average Bonchev–Trinajstić information content (AvgIpc) is 2.73. The quantitative estimate of drug-likeness (QED) is 0.628. The molecule has 0 aromatic heterocycles. The molecule has 1 aliphatic heterocycles. The van der Waals surface area contributed by atoms with Crippen LogP contribution in [0.25, 0.3) is 0 Å². The smallest absolute Gasteiger partial charge is 0.338 e. The average molecular weight is 487 g/mol. The standard InChI is InChI=1S/C20H20Cl2N2O6S/c1-13(19(25)23-17-11-15(21)10-16(22)12-17)30-20(26)14-2-4-18(5-3-14)31(27,28)24-6-8-29-9-7-24/h2-5,10-13H,6-9H2,1H3,(H,23,25)/t13-/m0/s1. The second-order valence-electron chi connectivity index (χ2n) is 6.74. The van der Waals surface area contributed by atoms with E-state index < -0.39 is 28.0 Å². The first kappa shape index (κ1) is 23.5. The van der Waals surface area contributed by atoms with Crippen LogP contribution >= 0.6 is 23.2 Å². The topological polar surface area (TPSA) is 102 Å². The fraction of sp³-hybridized carbons (Fsp3) is 0.300. The lowest BCUT2D eigenvalue weighted by molar-refractivity contribution is -0.123. The van der Waals surface area contributed by atoms with E-state index in [0.717, 1.165) is 0 Å². The summed E-state index contributed by atoms with van der Waals surface area (Å²) in [5.74, 6) is -1.33. The molecule has 0 spiro atoms. The van der Waals surface area contributed by atoms with Crippen LogP contribution in [-0.2, 0) is 24.3 Å². The minimum atomic E-state index is -3.67. The van der Waals surface area contributed by atoms with Crippen molar-refractivity contribution in [3.63, 3.8) is 0 Å². The normalized spacial score (nSPS) is 15.8. The molecule has 8 nitrogen and oxygen atoms in total. The van der Waals surface area contributed by atoms with Crippen molar-refractivity contribution in [1.82, 2.24) is 4.31 Å². The van der Waals surface area contributed by atoms with E-state index in [1.165, 1.54) is 53.7 Å². The Morgan fingerprint density at radius 2 is 1.65 bits per heavy atom. The van der Waals surface area contributed by atoms with E-state index in [0.29, 0.717) is 28.9 Å². The zero-order chi connectivity index (χ0) is 22.6. The van der Waals surface area contributed by atoms with Gasteiger partial charge in [0.25, 0.3) is 5.91 Å². The Morgan fingerprint density at radius 1 is 1.06 bits per heavy atom. The van der Waals surface area contributed by atoms with Crippen LogP contribution in [0.2, 0.25) is 10.0 Å². The summed E-state index contributed by atoms with van der Waals surface area (Å²) < 4.78 is 37.0. The van der Waals surface area contributed by atoms with Gasteiger partial charge in [0.05, 0.1) is 23.7 Å². The van der Waals surface area contributed by atoms with Crippen molar-refractivity contribution >= 4 is 50.8 Å². The van der Waals surface area contributed by atoms with Crippen LogP contribution in [0, 0.1) is 0 Å². The Labute approximate surface area is 190 Å². The summed E-state index contributed by atoms with van der Waals surface area (Å²) in [6.07, 6.45) is -1.11. The maximum atomic E-state index is 12.6. The van der Waals surface area contributed by atoms with Gasteiger partial charge in [0, 0.05) is 28.8 Å². The van der Waals surface area contributed by atoms with E-state index in [9.17, 15) is 18.0 Å². The number of hydrogen-bond acceptors (Lipinski definition) is 6. The third-order valence-electron chi connectivity index (χ3n) is 4.48. The number of sulfonamides is 1. The molecule has 0 unspecified atom stereocenters. The second-order valence-corrected chi connectivity index (χ2v) is 9.55. The van der Waals surface area contributed by atoms with E-state index in [1.54, 1.807) is 0 Å². The molecule has 3 rings (SSSR count). The molecule has 0 radical (unpaired) electrons. The van der Waals surface area contributed by atoms with Gasteiger partial charge in [0.15, 0.2) is 6.10 Å². The molecule has 11 heteroatoms. The Balaban J connectivity index is 1.62. The molecule has 166 valence electrons. The number of halogens is 2. The number of ether oxygens (including phenoxy) is 2. The van der Waals surface area contributed by atoms with Crippen molar-refractivity contribution in [2.45, 2.75) is 17.9 Å². The van der Waals surface area contributed by atoms with Crippen molar-refractivity contribution < 1.29 is 27.5 Å². The largest absolute Gasteiger partial charge is 0.449 e. The molecule has 2 aromatic rings. The molecule has 0 bridgehead atoms. The molecule has 1 amide bonds. The van der Waals surface area contributed by atoms with Gasteiger partial charge in [-0.05, 0) is 49.4 Å². The van der Waals surface area contributed by atoms with Gasteiger partial charge in [-0.3, -0.25) is 4.79 Å². The highest BCUT2D eigenvalue weighted by atomic mass is 35.5. The monoisotopic (exact) mass is 486 g/mol. The zero-order valence-corrected chi connectivity index (χ0v) is 18.8. The maximum Gasteiger partial charge on any atom is 0.338 e. The van der Waals surface area contributed by atoms with Crippen LogP contribution in [0.15, 0.2) is 47.4 Å². The number of hydrogen-bond donors (Lipinski definition) is 1. The van der Waals surface area contributed by atoms with Gasteiger partial charge in [-0.1, -0.05) is 23.2 Å². The molecule has 0 saturated carbocycles. The van der Waals surface area contributed by atoms with E-state index >= 15 is 0 Å². The summed E-state index contributed by atoms with van der Waals surface area (Å²) >= 11 is 11.8. The van der Waals surface area contributed by atoms with Crippen LogP contribution in [0.5, 0.6) is 0 Å².